The minimum Gasteiger partial charge on any atom is -0.510 e. The first-order valence-electron chi connectivity index (χ1n) is 6.11. The molecule has 0 amide bonds. The molecule has 0 radical (unpaired) electrons. The molecule has 0 bridgehead atoms. The van der Waals surface area contributed by atoms with E-state index < -0.39 is 17.7 Å². The van der Waals surface area contributed by atoms with E-state index in [4.69, 9.17) is 0 Å². The van der Waals surface area contributed by atoms with E-state index in [1.54, 1.807) is 24.3 Å². The van der Waals surface area contributed by atoms with E-state index in [0.29, 0.717) is 5.69 Å². The number of benzene rings is 1. The first-order chi connectivity index (χ1) is 9.61. The molecular weight excluding hydrogens is 260 g/mol. The van der Waals surface area contributed by atoms with Crippen molar-refractivity contribution in [2.45, 2.75) is 12.8 Å². The Balaban J connectivity index is 2.18. The molecule has 1 unspecified atom stereocenters. The van der Waals surface area contributed by atoms with Gasteiger partial charge in [0.2, 0.25) is 0 Å². The molecule has 1 aromatic rings. The summed E-state index contributed by atoms with van der Waals surface area (Å²) in [5.41, 5.74) is 0.490. The van der Waals surface area contributed by atoms with Crippen LogP contribution in [0.2, 0.25) is 0 Å². The Morgan fingerprint density at radius 2 is 1.95 bits per heavy atom. The number of hydrogen-bond acceptors (Lipinski definition) is 6. The monoisotopic (exact) mass is 274 g/mol. The molecule has 1 atom stereocenters. The number of azo groups is 1. The minimum absolute atomic E-state index is 0.0279. The molecule has 0 aliphatic heterocycles. The highest BCUT2D eigenvalue weighted by Crippen LogP contribution is 2.28. The zero-order valence-electron chi connectivity index (χ0n) is 10.9. The molecule has 0 saturated heterocycles. The summed E-state index contributed by atoms with van der Waals surface area (Å²) in [5, 5.41) is 17.5. The first kappa shape index (κ1) is 13.9. The molecule has 2 rings (SSSR count). The van der Waals surface area contributed by atoms with Crippen molar-refractivity contribution < 1.29 is 19.4 Å². The normalized spacial score (nSPS) is 19.4. The maximum Gasteiger partial charge on any atom is 0.309 e. The molecule has 20 heavy (non-hydrogen) atoms. The number of esters is 1. The molecule has 0 heterocycles. The standard InChI is InChI=1S/C14H14N2O4/c1-20-14(19)9-7-11(17)13(12(18)8-9)16-15-10-5-3-2-4-6-10/h2-6,9,17H,7-8H2,1H3. The molecular formula is C14H14N2O4. The Labute approximate surface area is 115 Å². The molecule has 0 saturated carbocycles. The van der Waals surface area contributed by atoms with Gasteiger partial charge in [0.1, 0.15) is 5.76 Å². The second kappa shape index (κ2) is 6.10. The molecule has 1 aliphatic carbocycles. The number of aliphatic hydroxyl groups is 1. The number of Topliss-reactive ketones (excluding diaryl/α,β-unsaturated/α-hetero) is 1. The fraction of sp³-hybridized carbons (Fsp3) is 0.286. The number of ether oxygens (including phenoxy) is 1. The van der Waals surface area contributed by atoms with Gasteiger partial charge >= 0.3 is 5.97 Å². The number of aliphatic hydroxyl groups excluding tert-OH is 1. The molecule has 104 valence electrons. The van der Waals surface area contributed by atoms with Crippen LogP contribution >= 0.6 is 0 Å². The van der Waals surface area contributed by atoms with Crippen molar-refractivity contribution in [1.29, 1.82) is 0 Å². The zero-order valence-corrected chi connectivity index (χ0v) is 10.9. The van der Waals surface area contributed by atoms with Crippen molar-refractivity contribution in [2.75, 3.05) is 7.11 Å². The highest BCUT2D eigenvalue weighted by Gasteiger charge is 2.32. The van der Waals surface area contributed by atoms with Gasteiger partial charge in [-0.05, 0) is 12.1 Å². The predicted molar refractivity (Wildman–Crippen MR) is 70.4 cm³/mol. The smallest absolute Gasteiger partial charge is 0.309 e. The average molecular weight is 274 g/mol. The van der Waals surface area contributed by atoms with Gasteiger partial charge < -0.3 is 9.84 Å². The van der Waals surface area contributed by atoms with Crippen LogP contribution in [-0.4, -0.2) is 24.0 Å². The summed E-state index contributed by atoms with van der Waals surface area (Å²) in [5.74, 6) is -1.80. The van der Waals surface area contributed by atoms with Crippen molar-refractivity contribution in [3.63, 3.8) is 0 Å². The summed E-state index contributed by atoms with van der Waals surface area (Å²) in [6.45, 7) is 0. The fourth-order valence-corrected chi connectivity index (χ4v) is 1.93. The van der Waals surface area contributed by atoms with Crippen LogP contribution in [0.5, 0.6) is 0 Å². The van der Waals surface area contributed by atoms with Gasteiger partial charge in [-0.2, -0.15) is 5.11 Å². The second-order valence-corrected chi connectivity index (χ2v) is 4.38. The van der Waals surface area contributed by atoms with Gasteiger partial charge in [0.15, 0.2) is 11.5 Å². The lowest BCUT2D eigenvalue weighted by atomic mass is 9.90. The Hall–Kier alpha value is -2.50. The van der Waals surface area contributed by atoms with Crippen LogP contribution < -0.4 is 0 Å². The largest absolute Gasteiger partial charge is 0.510 e. The second-order valence-electron chi connectivity index (χ2n) is 4.38. The van der Waals surface area contributed by atoms with Crippen LogP contribution in [0.3, 0.4) is 0 Å². The van der Waals surface area contributed by atoms with Crippen LogP contribution in [0.15, 0.2) is 52.0 Å². The van der Waals surface area contributed by atoms with Crippen molar-refractivity contribution in [3.05, 3.63) is 41.8 Å². The molecule has 1 N–H and O–H groups in total. The van der Waals surface area contributed by atoms with E-state index in [-0.39, 0.29) is 24.3 Å². The summed E-state index contributed by atoms with van der Waals surface area (Å²) < 4.78 is 4.57. The lowest BCUT2D eigenvalue weighted by molar-refractivity contribution is -0.147. The van der Waals surface area contributed by atoms with E-state index in [0.717, 1.165) is 0 Å². The number of hydrogen-bond donors (Lipinski definition) is 1. The van der Waals surface area contributed by atoms with Gasteiger partial charge in [0, 0.05) is 12.8 Å². The van der Waals surface area contributed by atoms with E-state index in [1.165, 1.54) is 7.11 Å². The summed E-state index contributed by atoms with van der Waals surface area (Å²) in [7, 11) is 1.25. The Morgan fingerprint density at radius 3 is 2.55 bits per heavy atom. The number of allylic oxidation sites excluding steroid dienone is 2. The van der Waals surface area contributed by atoms with Crippen molar-refractivity contribution in [1.82, 2.24) is 0 Å². The molecule has 6 heteroatoms. The quantitative estimate of drug-likeness (QED) is 0.678. The lowest BCUT2D eigenvalue weighted by Gasteiger charge is -2.18. The summed E-state index contributed by atoms with van der Waals surface area (Å²) in [4.78, 5) is 23.3. The fourth-order valence-electron chi connectivity index (χ4n) is 1.93. The van der Waals surface area contributed by atoms with E-state index in [9.17, 15) is 14.7 Å². The Morgan fingerprint density at radius 1 is 1.25 bits per heavy atom. The van der Waals surface area contributed by atoms with Crippen molar-refractivity contribution in [3.8, 4) is 0 Å². The van der Waals surface area contributed by atoms with E-state index in [2.05, 4.69) is 15.0 Å². The molecule has 1 aromatic carbocycles. The van der Waals surface area contributed by atoms with Gasteiger partial charge in [-0.15, -0.1) is 5.11 Å². The number of ketones is 1. The van der Waals surface area contributed by atoms with Crippen LogP contribution in [0.4, 0.5) is 5.69 Å². The van der Waals surface area contributed by atoms with Gasteiger partial charge in [0.25, 0.3) is 0 Å². The summed E-state index contributed by atoms with van der Waals surface area (Å²) in [6.07, 6.45) is 0.0153. The summed E-state index contributed by atoms with van der Waals surface area (Å²) >= 11 is 0. The highest BCUT2D eigenvalue weighted by atomic mass is 16.5. The van der Waals surface area contributed by atoms with E-state index in [1.807, 2.05) is 6.07 Å². The van der Waals surface area contributed by atoms with Gasteiger partial charge in [-0.25, -0.2) is 0 Å². The maximum atomic E-state index is 11.9. The third-order valence-electron chi connectivity index (χ3n) is 2.97. The number of carbonyl (C=O) groups excluding carboxylic acids is 2. The predicted octanol–water partition coefficient (Wildman–Crippen LogP) is 2.69. The van der Waals surface area contributed by atoms with Gasteiger partial charge in [0.05, 0.1) is 18.7 Å². The van der Waals surface area contributed by atoms with Crippen LogP contribution in [-0.2, 0) is 14.3 Å². The van der Waals surface area contributed by atoms with Crippen LogP contribution in [0.25, 0.3) is 0 Å². The number of nitrogens with zero attached hydrogens (tertiary/aromatic N) is 2. The lowest BCUT2D eigenvalue weighted by Crippen LogP contribution is -2.25. The van der Waals surface area contributed by atoms with Crippen molar-refractivity contribution >= 4 is 17.4 Å². The highest BCUT2D eigenvalue weighted by molar-refractivity contribution is 5.98. The molecule has 0 aromatic heterocycles. The third-order valence-corrected chi connectivity index (χ3v) is 2.97. The average Bonchev–Trinajstić information content (AvgIpc) is 2.46. The van der Waals surface area contributed by atoms with Gasteiger partial charge in [-0.1, -0.05) is 18.2 Å². The van der Waals surface area contributed by atoms with Gasteiger partial charge in [-0.3, -0.25) is 9.59 Å². The number of rotatable bonds is 3. The molecule has 6 nitrogen and oxygen atoms in total. The Bertz CT molecular complexity index is 578. The molecule has 0 spiro atoms. The topological polar surface area (TPSA) is 88.3 Å². The van der Waals surface area contributed by atoms with Crippen LogP contribution in [0.1, 0.15) is 12.8 Å². The SMILES string of the molecule is COC(=O)C1CC(=O)C(N=Nc2ccccc2)=C(O)C1. The summed E-state index contributed by atoms with van der Waals surface area (Å²) in [6, 6.07) is 8.87. The van der Waals surface area contributed by atoms with Crippen LogP contribution in [0, 0.1) is 5.92 Å². The third kappa shape index (κ3) is 3.09. The number of carbonyl (C=O) groups is 2. The molecule has 0 fully saturated rings. The first-order valence-corrected chi connectivity index (χ1v) is 6.11. The van der Waals surface area contributed by atoms with Crippen molar-refractivity contribution in [2.24, 2.45) is 16.1 Å². The zero-order chi connectivity index (χ0) is 14.5. The number of methoxy groups -OCH3 is 1. The maximum absolute atomic E-state index is 11.9. The Kier molecular flexibility index (Phi) is 4.24. The molecule has 1 aliphatic rings. The minimum atomic E-state index is -0.650. The van der Waals surface area contributed by atoms with E-state index >= 15 is 0 Å².